The van der Waals surface area contributed by atoms with Crippen LogP contribution < -0.4 is 5.32 Å². The quantitative estimate of drug-likeness (QED) is 0.526. The van der Waals surface area contributed by atoms with Crippen LogP contribution >= 0.6 is 11.8 Å². The molecule has 0 spiro atoms. The lowest BCUT2D eigenvalue weighted by molar-refractivity contribution is 0.0601. The Bertz CT molecular complexity index is 805. The molecule has 0 saturated heterocycles. The minimum Gasteiger partial charge on any atom is -0.465 e. The van der Waals surface area contributed by atoms with Gasteiger partial charge in [-0.1, -0.05) is 11.8 Å². The number of thioether (sulfide) groups is 1. The first-order valence-corrected chi connectivity index (χ1v) is 8.12. The molecule has 3 rings (SSSR count). The van der Waals surface area contributed by atoms with Crippen LogP contribution in [0.2, 0.25) is 0 Å². The molecule has 0 atom stereocenters. The normalized spacial score (nSPS) is 10.4. The van der Waals surface area contributed by atoms with Crippen molar-refractivity contribution in [2.75, 3.05) is 12.4 Å². The number of pyridine rings is 1. The molecule has 0 saturated carbocycles. The Labute approximate surface area is 142 Å². The molecule has 0 amide bonds. The van der Waals surface area contributed by atoms with E-state index in [1.807, 2.05) is 12.1 Å². The summed E-state index contributed by atoms with van der Waals surface area (Å²) in [5.74, 6) is 0.947. The van der Waals surface area contributed by atoms with Gasteiger partial charge in [0.1, 0.15) is 0 Å². The van der Waals surface area contributed by atoms with Gasteiger partial charge < -0.3 is 10.1 Å². The second-order valence-electron chi connectivity index (χ2n) is 4.80. The van der Waals surface area contributed by atoms with Gasteiger partial charge in [0.15, 0.2) is 0 Å². The first kappa shape index (κ1) is 16.0. The number of nitrogens with one attached hydrogen (secondary N) is 2. The summed E-state index contributed by atoms with van der Waals surface area (Å²) in [5.41, 5.74) is 2.45. The van der Waals surface area contributed by atoms with Crippen LogP contribution in [0.5, 0.6) is 0 Å². The first-order chi connectivity index (χ1) is 11.7. The van der Waals surface area contributed by atoms with Crippen LogP contribution in [0.3, 0.4) is 0 Å². The number of ether oxygens (including phenoxy) is 1. The number of hydrogen-bond donors (Lipinski definition) is 2. The number of hydrogen-bond acceptors (Lipinski definition) is 7. The molecule has 7 nitrogen and oxygen atoms in total. The van der Waals surface area contributed by atoms with Gasteiger partial charge in [0.05, 0.1) is 12.7 Å². The molecule has 0 bridgehead atoms. The van der Waals surface area contributed by atoms with Gasteiger partial charge in [-0.3, -0.25) is 4.98 Å². The van der Waals surface area contributed by atoms with Crippen molar-refractivity contribution in [1.82, 2.24) is 20.2 Å². The van der Waals surface area contributed by atoms with Crippen LogP contribution in [-0.4, -0.2) is 33.2 Å². The molecule has 0 aliphatic rings. The predicted octanol–water partition coefficient (Wildman–Crippen LogP) is 3.02. The summed E-state index contributed by atoms with van der Waals surface area (Å²) in [6.45, 7) is 0. The highest BCUT2D eigenvalue weighted by atomic mass is 32.2. The van der Waals surface area contributed by atoms with E-state index in [4.69, 9.17) is 0 Å². The van der Waals surface area contributed by atoms with Gasteiger partial charge in [-0.15, -0.1) is 5.10 Å². The Morgan fingerprint density at radius 3 is 2.67 bits per heavy atom. The van der Waals surface area contributed by atoms with Gasteiger partial charge in [0, 0.05) is 23.8 Å². The Balaban J connectivity index is 1.58. The highest BCUT2D eigenvalue weighted by Crippen LogP contribution is 2.21. The molecule has 1 aromatic carbocycles. The maximum atomic E-state index is 11.4. The predicted molar refractivity (Wildman–Crippen MR) is 91.2 cm³/mol. The average Bonchev–Trinajstić information content (AvgIpc) is 3.08. The van der Waals surface area contributed by atoms with Crippen LogP contribution in [-0.2, 0) is 10.5 Å². The molecule has 2 N–H and O–H groups in total. The average molecular weight is 341 g/mol. The van der Waals surface area contributed by atoms with Crippen LogP contribution in [0, 0.1) is 0 Å². The van der Waals surface area contributed by atoms with Crippen LogP contribution in [0.25, 0.3) is 0 Å². The number of carbonyl (C=O) groups is 1. The smallest absolute Gasteiger partial charge is 0.337 e. The third kappa shape index (κ3) is 4.11. The van der Waals surface area contributed by atoms with Crippen molar-refractivity contribution in [3.63, 3.8) is 0 Å². The summed E-state index contributed by atoms with van der Waals surface area (Å²) in [6, 6.07) is 10.8. The van der Waals surface area contributed by atoms with E-state index >= 15 is 0 Å². The SMILES string of the molecule is COC(=O)c1ccc(Nc2nc(SCc3ccncc3)n[nH]2)cc1. The van der Waals surface area contributed by atoms with Gasteiger partial charge in [0.2, 0.25) is 11.1 Å². The molecular weight excluding hydrogens is 326 g/mol. The van der Waals surface area contributed by atoms with Crippen molar-refractivity contribution in [1.29, 1.82) is 0 Å². The van der Waals surface area contributed by atoms with E-state index in [0.29, 0.717) is 16.7 Å². The standard InChI is InChI=1S/C16H15N5O2S/c1-23-14(22)12-2-4-13(5-3-12)18-15-19-16(21-20-15)24-10-11-6-8-17-9-7-11/h2-9H,10H2,1H3,(H2,18,19,20,21). The number of aromatic nitrogens is 4. The Morgan fingerprint density at radius 2 is 1.96 bits per heavy atom. The van der Waals surface area contributed by atoms with E-state index in [1.165, 1.54) is 18.9 Å². The molecule has 122 valence electrons. The number of benzene rings is 1. The fourth-order valence-corrected chi connectivity index (χ4v) is 2.69. The van der Waals surface area contributed by atoms with Crippen molar-refractivity contribution in [3.05, 3.63) is 59.9 Å². The molecule has 8 heteroatoms. The number of anilines is 2. The summed E-state index contributed by atoms with van der Waals surface area (Å²) in [7, 11) is 1.36. The summed E-state index contributed by atoms with van der Waals surface area (Å²) >= 11 is 1.53. The highest BCUT2D eigenvalue weighted by Gasteiger charge is 2.07. The van der Waals surface area contributed by atoms with Gasteiger partial charge in [-0.25, -0.2) is 9.89 Å². The van der Waals surface area contributed by atoms with Gasteiger partial charge in [-0.05, 0) is 42.0 Å². The van der Waals surface area contributed by atoms with Crippen molar-refractivity contribution in [2.45, 2.75) is 10.9 Å². The molecule has 3 aromatic rings. The second-order valence-corrected chi connectivity index (χ2v) is 5.75. The van der Waals surface area contributed by atoms with Gasteiger partial charge >= 0.3 is 5.97 Å². The monoisotopic (exact) mass is 341 g/mol. The number of esters is 1. The zero-order valence-electron chi connectivity index (χ0n) is 12.9. The van der Waals surface area contributed by atoms with E-state index in [0.717, 1.165) is 17.0 Å². The van der Waals surface area contributed by atoms with Crippen LogP contribution in [0.15, 0.2) is 53.9 Å². The van der Waals surface area contributed by atoms with E-state index < -0.39 is 0 Å². The second kappa shape index (κ2) is 7.60. The lowest BCUT2D eigenvalue weighted by Gasteiger charge is -2.03. The Hall–Kier alpha value is -2.87. The topological polar surface area (TPSA) is 92.8 Å². The third-order valence-corrected chi connectivity index (χ3v) is 4.07. The van der Waals surface area contributed by atoms with Gasteiger partial charge in [0.25, 0.3) is 0 Å². The highest BCUT2D eigenvalue weighted by molar-refractivity contribution is 7.98. The molecule has 0 aliphatic carbocycles. The first-order valence-electron chi connectivity index (χ1n) is 7.14. The summed E-state index contributed by atoms with van der Waals surface area (Å²) in [6.07, 6.45) is 3.53. The number of rotatable bonds is 6. The minimum absolute atomic E-state index is 0.365. The van der Waals surface area contributed by atoms with Crippen molar-refractivity contribution in [2.24, 2.45) is 0 Å². The van der Waals surface area contributed by atoms with Crippen molar-refractivity contribution in [3.8, 4) is 0 Å². The lowest BCUT2D eigenvalue weighted by atomic mass is 10.2. The Kier molecular flexibility index (Phi) is 5.07. The van der Waals surface area contributed by atoms with Crippen LogP contribution in [0.1, 0.15) is 15.9 Å². The molecule has 2 aromatic heterocycles. The van der Waals surface area contributed by atoms with E-state index in [2.05, 4.69) is 30.2 Å². The molecule has 0 unspecified atom stereocenters. The number of methoxy groups -OCH3 is 1. The molecule has 0 aliphatic heterocycles. The van der Waals surface area contributed by atoms with Crippen molar-refractivity contribution >= 4 is 29.4 Å². The molecular formula is C16H15N5O2S. The van der Waals surface area contributed by atoms with Crippen LogP contribution in [0.4, 0.5) is 11.6 Å². The minimum atomic E-state index is -0.365. The van der Waals surface area contributed by atoms with Crippen molar-refractivity contribution < 1.29 is 9.53 Å². The zero-order valence-corrected chi connectivity index (χ0v) is 13.7. The fourth-order valence-electron chi connectivity index (χ4n) is 1.94. The van der Waals surface area contributed by atoms with E-state index in [9.17, 15) is 4.79 Å². The number of carbonyl (C=O) groups excluding carboxylic acids is 1. The third-order valence-electron chi connectivity index (χ3n) is 3.15. The lowest BCUT2D eigenvalue weighted by Crippen LogP contribution is -2.01. The number of nitrogens with zero attached hydrogens (tertiary/aromatic N) is 3. The summed E-state index contributed by atoms with van der Waals surface area (Å²) < 4.78 is 4.67. The van der Waals surface area contributed by atoms with E-state index in [1.54, 1.807) is 36.7 Å². The largest absolute Gasteiger partial charge is 0.465 e. The molecule has 0 fully saturated rings. The van der Waals surface area contributed by atoms with Gasteiger partial charge in [-0.2, -0.15) is 4.98 Å². The summed E-state index contributed by atoms with van der Waals surface area (Å²) in [5, 5.41) is 10.8. The molecule has 2 heterocycles. The fraction of sp³-hybridized carbons (Fsp3) is 0.125. The van der Waals surface area contributed by atoms with E-state index in [-0.39, 0.29) is 5.97 Å². The molecule has 0 radical (unpaired) electrons. The maximum Gasteiger partial charge on any atom is 0.337 e. The zero-order chi connectivity index (χ0) is 16.8. The Morgan fingerprint density at radius 1 is 1.21 bits per heavy atom. The number of H-pyrrole nitrogens is 1. The molecule has 24 heavy (non-hydrogen) atoms. The maximum absolute atomic E-state index is 11.4. The summed E-state index contributed by atoms with van der Waals surface area (Å²) in [4.78, 5) is 19.8. The number of aromatic amines is 1.